The molecule has 12 heteroatoms. The molecule has 0 saturated carbocycles. The Balaban J connectivity index is 1.96. The van der Waals surface area contributed by atoms with Gasteiger partial charge in [0.2, 0.25) is 5.91 Å². The molecular formula is C17H16F3N3O4S2. The van der Waals surface area contributed by atoms with Crippen molar-refractivity contribution in [2.75, 3.05) is 5.75 Å². The van der Waals surface area contributed by atoms with Gasteiger partial charge in [-0.15, -0.1) is 23.1 Å². The number of hydrazine groups is 1. The summed E-state index contributed by atoms with van der Waals surface area (Å²) in [6.07, 6.45) is -3.94. The van der Waals surface area contributed by atoms with Gasteiger partial charge in [-0.25, -0.2) is 0 Å². The largest absolute Gasteiger partial charge is 0.416 e. The van der Waals surface area contributed by atoms with Gasteiger partial charge in [0.1, 0.15) is 0 Å². The number of thiophene rings is 1. The topological polar surface area (TPSA) is 101 Å². The van der Waals surface area contributed by atoms with Crippen LogP contribution < -0.4 is 10.9 Å². The predicted octanol–water partition coefficient (Wildman–Crippen LogP) is 4.10. The third-order valence-electron chi connectivity index (χ3n) is 3.72. The number of nitro groups is 1. The molecule has 0 aliphatic carbocycles. The molecule has 1 aromatic carbocycles. The monoisotopic (exact) mass is 447 g/mol. The summed E-state index contributed by atoms with van der Waals surface area (Å²) >= 11 is 1.99. The number of nitrogens with zero attached hydrogens (tertiary/aromatic N) is 1. The van der Waals surface area contributed by atoms with Gasteiger partial charge in [-0.3, -0.25) is 30.6 Å². The second kappa shape index (κ2) is 9.27. The number of benzene rings is 1. The highest BCUT2D eigenvalue weighted by Crippen LogP contribution is 2.36. The highest BCUT2D eigenvalue weighted by molar-refractivity contribution is 8.00. The number of hydrogen-bond donors (Lipinski definition) is 2. The van der Waals surface area contributed by atoms with Crippen LogP contribution in [0.4, 0.5) is 18.9 Å². The number of hydrogen-bond acceptors (Lipinski definition) is 6. The minimum atomic E-state index is -4.71. The zero-order valence-electron chi connectivity index (χ0n) is 15.3. The van der Waals surface area contributed by atoms with Crippen LogP contribution in [0.3, 0.4) is 0 Å². The Bertz CT molecular complexity index is 944. The molecule has 0 unspecified atom stereocenters. The minimum absolute atomic E-state index is 0.0917. The lowest BCUT2D eigenvalue weighted by Crippen LogP contribution is -2.42. The first-order chi connectivity index (χ1) is 13.5. The number of alkyl halides is 3. The number of nitro benzene ring substituents is 1. The summed E-state index contributed by atoms with van der Waals surface area (Å²) in [6.45, 7) is 3.83. The normalized spacial score (nSPS) is 11.2. The van der Waals surface area contributed by atoms with Crippen LogP contribution in [0.25, 0.3) is 0 Å². The summed E-state index contributed by atoms with van der Waals surface area (Å²) in [6, 6.07) is 3.77. The second-order valence-corrected chi connectivity index (χ2v) is 7.95. The molecule has 1 aromatic heterocycles. The first kappa shape index (κ1) is 22.7. The molecule has 0 bridgehead atoms. The van der Waals surface area contributed by atoms with Gasteiger partial charge in [-0.1, -0.05) is 6.92 Å². The van der Waals surface area contributed by atoms with Crippen LogP contribution in [0.15, 0.2) is 29.2 Å². The van der Waals surface area contributed by atoms with Gasteiger partial charge < -0.3 is 0 Å². The Morgan fingerprint density at radius 1 is 1.24 bits per heavy atom. The fourth-order valence-electron chi connectivity index (χ4n) is 2.31. The summed E-state index contributed by atoms with van der Waals surface area (Å²) in [5, 5.41) is 11.0. The van der Waals surface area contributed by atoms with Crippen LogP contribution >= 0.6 is 23.1 Å². The first-order valence-electron chi connectivity index (χ1n) is 8.19. The van der Waals surface area contributed by atoms with Crippen molar-refractivity contribution in [2.45, 2.75) is 31.3 Å². The van der Waals surface area contributed by atoms with E-state index in [9.17, 15) is 32.9 Å². The third kappa shape index (κ3) is 5.94. The SMILES string of the molecule is CCc1sc(C(=O)NNC(=O)CSc2ccc(C(F)(F)F)cc2[N+](=O)[O-])cc1C. The van der Waals surface area contributed by atoms with E-state index in [2.05, 4.69) is 10.9 Å². The summed E-state index contributed by atoms with van der Waals surface area (Å²) in [5.74, 6) is -1.51. The maximum Gasteiger partial charge on any atom is 0.416 e. The molecule has 2 aromatic rings. The van der Waals surface area contributed by atoms with Gasteiger partial charge in [0, 0.05) is 10.9 Å². The van der Waals surface area contributed by atoms with Crippen molar-refractivity contribution in [1.82, 2.24) is 10.9 Å². The highest BCUT2D eigenvalue weighted by atomic mass is 32.2. The number of aryl methyl sites for hydroxylation is 2. The first-order valence-corrected chi connectivity index (χ1v) is 10.00. The predicted molar refractivity (Wildman–Crippen MR) is 103 cm³/mol. The quantitative estimate of drug-likeness (QED) is 0.394. The van der Waals surface area contributed by atoms with Gasteiger partial charge in [0.25, 0.3) is 11.6 Å². The average Bonchev–Trinajstić information content (AvgIpc) is 3.04. The molecule has 29 heavy (non-hydrogen) atoms. The molecule has 2 N–H and O–H groups in total. The van der Waals surface area contributed by atoms with Crippen molar-refractivity contribution in [3.63, 3.8) is 0 Å². The Hall–Kier alpha value is -2.60. The molecule has 0 saturated heterocycles. The van der Waals surface area contributed by atoms with E-state index in [4.69, 9.17) is 0 Å². The molecular weight excluding hydrogens is 431 g/mol. The van der Waals surface area contributed by atoms with Crippen LogP contribution in [-0.4, -0.2) is 22.5 Å². The number of amides is 2. The van der Waals surface area contributed by atoms with Crippen molar-refractivity contribution < 1.29 is 27.7 Å². The zero-order chi connectivity index (χ0) is 21.8. The third-order valence-corrected chi connectivity index (χ3v) is 6.17. The van der Waals surface area contributed by atoms with E-state index in [1.807, 2.05) is 13.8 Å². The average molecular weight is 447 g/mol. The van der Waals surface area contributed by atoms with Crippen molar-refractivity contribution in [3.05, 3.63) is 55.3 Å². The van der Waals surface area contributed by atoms with E-state index in [0.717, 1.165) is 22.9 Å². The van der Waals surface area contributed by atoms with E-state index in [1.165, 1.54) is 11.3 Å². The summed E-state index contributed by atoms with van der Waals surface area (Å²) in [5.41, 5.74) is 3.50. The van der Waals surface area contributed by atoms with Gasteiger partial charge in [-0.2, -0.15) is 13.2 Å². The molecule has 2 rings (SSSR count). The molecule has 2 amide bonds. The Morgan fingerprint density at radius 2 is 1.93 bits per heavy atom. The van der Waals surface area contributed by atoms with Gasteiger partial charge >= 0.3 is 6.18 Å². The maximum absolute atomic E-state index is 12.7. The molecule has 0 radical (unpaired) electrons. The minimum Gasteiger partial charge on any atom is -0.272 e. The van der Waals surface area contributed by atoms with E-state index in [0.29, 0.717) is 28.8 Å². The van der Waals surface area contributed by atoms with Crippen molar-refractivity contribution >= 4 is 40.6 Å². The lowest BCUT2D eigenvalue weighted by molar-refractivity contribution is -0.388. The van der Waals surface area contributed by atoms with Crippen LogP contribution in [0, 0.1) is 17.0 Å². The number of rotatable bonds is 6. The fourth-order valence-corrected chi connectivity index (χ4v) is 4.12. The second-order valence-electron chi connectivity index (χ2n) is 5.80. The van der Waals surface area contributed by atoms with Gasteiger partial charge in [0.15, 0.2) is 0 Å². The molecule has 0 aliphatic heterocycles. The molecule has 0 aliphatic rings. The van der Waals surface area contributed by atoms with Crippen LogP contribution in [0.1, 0.15) is 32.6 Å². The van der Waals surface area contributed by atoms with Crippen molar-refractivity contribution in [1.29, 1.82) is 0 Å². The van der Waals surface area contributed by atoms with E-state index in [-0.39, 0.29) is 10.6 Å². The summed E-state index contributed by atoms with van der Waals surface area (Å²) in [4.78, 5) is 35.4. The van der Waals surface area contributed by atoms with Crippen LogP contribution in [0.5, 0.6) is 0 Å². The Kier molecular flexibility index (Phi) is 7.25. The Labute approximate surface area is 171 Å². The van der Waals surface area contributed by atoms with Gasteiger partial charge in [-0.05, 0) is 37.1 Å². The number of carbonyl (C=O) groups is 2. The van der Waals surface area contributed by atoms with Crippen LogP contribution in [0.2, 0.25) is 0 Å². The smallest absolute Gasteiger partial charge is 0.272 e. The van der Waals surface area contributed by atoms with Crippen molar-refractivity contribution in [2.24, 2.45) is 0 Å². The molecule has 0 fully saturated rings. The van der Waals surface area contributed by atoms with E-state index in [1.54, 1.807) is 6.07 Å². The Morgan fingerprint density at radius 3 is 2.48 bits per heavy atom. The van der Waals surface area contributed by atoms with Gasteiger partial charge in [0.05, 0.1) is 26.0 Å². The standard InChI is InChI=1S/C17H16F3N3O4S2/c1-3-12-9(2)6-14(29-12)16(25)22-21-15(24)8-28-13-5-4-10(17(18,19)20)7-11(13)23(26)27/h4-7H,3,8H2,1-2H3,(H,21,24)(H,22,25). The van der Waals surface area contributed by atoms with E-state index < -0.39 is 34.2 Å². The number of thioether (sulfide) groups is 1. The summed E-state index contributed by atoms with van der Waals surface area (Å²) < 4.78 is 38.1. The highest BCUT2D eigenvalue weighted by Gasteiger charge is 2.33. The van der Waals surface area contributed by atoms with Crippen molar-refractivity contribution in [3.8, 4) is 0 Å². The summed E-state index contributed by atoms with van der Waals surface area (Å²) in [7, 11) is 0. The maximum atomic E-state index is 12.7. The molecule has 1 heterocycles. The lowest BCUT2D eigenvalue weighted by Gasteiger charge is -2.09. The van der Waals surface area contributed by atoms with Crippen LogP contribution in [-0.2, 0) is 17.4 Å². The van der Waals surface area contributed by atoms with E-state index >= 15 is 0 Å². The molecule has 7 nitrogen and oxygen atoms in total. The lowest BCUT2D eigenvalue weighted by atomic mass is 10.2. The number of nitrogens with one attached hydrogen (secondary N) is 2. The molecule has 156 valence electrons. The molecule has 0 atom stereocenters. The number of carbonyl (C=O) groups excluding carboxylic acids is 2. The number of halogens is 3. The zero-order valence-corrected chi connectivity index (χ0v) is 16.9. The fraction of sp³-hybridized carbons (Fsp3) is 0.294. The molecule has 0 spiro atoms.